The molecular formula is C20H15NO3. The Labute approximate surface area is 138 Å². The SMILES string of the molecule is Cc1ccccc1C(=O)c1ccc2c3c(cccc13)C(=O)C2=O.N. The van der Waals surface area contributed by atoms with Gasteiger partial charge >= 0.3 is 0 Å². The van der Waals surface area contributed by atoms with Crippen molar-refractivity contribution in [1.29, 1.82) is 0 Å². The Morgan fingerprint density at radius 2 is 1.42 bits per heavy atom. The lowest BCUT2D eigenvalue weighted by Gasteiger charge is -2.09. The molecule has 24 heavy (non-hydrogen) atoms. The number of aryl methyl sites for hydroxylation is 1. The molecule has 0 bridgehead atoms. The molecule has 0 saturated carbocycles. The molecule has 0 aliphatic heterocycles. The predicted molar refractivity (Wildman–Crippen MR) is 92.2 cm³/mol. The van der Waals surface area contributed by atoms with Crippen LogP contribution in [0.1, 0.15) is 42.2 Å². The van der Waals surface area contributed by atoms with Crippen molar-refractivity contribution in [2.75, 3.05) is 0 Å². The van der Waals surface area contributed by atoms with Gasteiger partial charge in [-0.3, -0.25) is 14.4 Å². The molecule has 0 heterocycles. The summed E-state index contributed by atoms with van der Waals surface area (Å²) in [6, 6.07) is 15.8. The molecule has 118 valence electrons. The van der Waals surface area contributed by atoms with E-state index in [1.54, 1.807) is 36.4 Å². The molecule has 0 saturated heterocycles. The van der Waals surface area contributed by atoms with E-state index in [1.807, 2.05) is 25.1 Å². The second-order valence-electron chi connectivity index (χ2n) is 5.69. The molecule has 0 aromatic heterocycles. The first-order chi connectivity index (χ1) is 11.1. The van der Waals surface area contributed by atoms with Gasteiger partial charge in [0, 0.05) is 27.6 Å². The van der Waals surface area contributed by atoms with E-state index < -0.39 is 11.6 Å². The molecule has 0 spiro atoms. The average molecular weight is 317 g/mol. The summed E-state index contributed by atoms with van der Waals surface area (Å²) in [5.41, 5.74) is 2.82. The first kappa shape index (κ1) is 15.8. The zero-order valence-corrected chi connectivity index (χ0v) is 13.1. The molecule has 4 rings (SSSR count). The van der Waals surface area contributed by atoms with E-state index in [9.17, 15) is 14.4 Å². The lowest BCUT2D eigenvalue weighted by molar-refractivity contribution is 0.0825. The van der Waals surface area contributed by atoms with Gasteiger partial charge in [-0.25, -0.2) is 0 Å². The highest BCUT2D eigenvalue weighted by Crippen LogP contribution is 2.33. The number of hydrogen-bond donors (Lipinski definition) is 1. The molecule has 3 aromatic carbocycles. The van der Waals surface area contributed by atoms with E-state index in [4.69, 9.17) is 0 Å². The summed E-state index contributed by atoms with van der Waals surface area (Å²) in [6.45, 7) is 1.89. The summed E-state index contributed by atoms with van der Waals surface area (Å²) in [7, 11) is 0. The number of rotatable bonds is 2. The fraction of sp³-hybridized carbons (Fsp3) is 0.0500. The number of benzene rings is 3. The summed E-state index contributed by atoms with van der Waals surface area (Å²) in [5, 5.41) is 1.26. The first-order valence-corrected chi connectivity index (χ1v) is 7.34. The van der Waals surface area contributed by atoms with Crippen molar-refractivity contribution in [3.8, 4) is 0 Å². The van der Waals surface area contributed by atoms with Crippen LogP contribution < -0.4 is 6.15 Å². The van der Waals surface area contributed by atoms with Gasteiger partial charge in [-0.05, 0) is 30.0 Å². The van der Waals surface area contributed by atoms with E-state index in [2.05, 4.69) is 0 Å². The zero-order chi connectivity index (χ0) is 16.1. The zero-order valence-electron chi connectivity index (χ0n) is 13.1. The molecule has 0 radical (unpaired) electrons. The third kappa shape index (κ3) is 2.01. The van der Waals surface area contributed by atoms with Gasteiger partial charge in [-0.15, -0.1) is 0 Å². The van der Waals surface area contributed by atoms with Crippen LogP contribution in [0.4, 0.5) is 0 Å². The summed E-state index contributed by atoms with van der Waals surface area (Å²) in [6.07, 6.45) is 0. The van der Waals surface area contributed by atoms with Crippen LogP contribution in [-0.2, 0) is 0 Å². The second kappa shape index (κ2) is 5.51. The van der Waals surface area contributed by atoms with Crippen LogP contribution >= 0.6 is 0 Å². The summed E-state index contributed by atoms with van der Waals surface area (Å²) < 4.78 is 0. The Morgan fingerprint density at radius 3 is 2.12 bits per heavy atom. The van der Waals surface area contributed by atoms with E-state index in [0.29, 0.717) is 33.0 Å². The van der Waals surface area contributed by atoms with E-state index >= 15 is 0 Å². The third-order valence-corrected chi connectivity index (χ3v) is 4.37. The number of carbonyl (C=O) groups is 3. The molecule has 0 unspecified atom stereocenters. The molecule has 0 atom stereocenters. The van der Waals surface area contributed by atoms with Crippen LogP contribution in [0, 0.1) is 6.92 Å². The van der Waals surface area contributed by atoms with Gasteiger partial charge in [0.1, 0.15) is 0 Å². The minimum Gasteiger partial charge on any atom is -0.344 e. The summed E-state index contributed by atoms with van der Waals surface area (Å²) >= 11 is 0. The standard InChI is InChI=1S/C20H12O3.H3N/c1-11-5-2-3-6-12(11)18(21)14-9-10-16-17-13(14)7-4-8-15(17)19(22)20(16)23;/h2-10H,1H3;1H3. The van der Waals surface area contributed by atoms with Crippen molar-refractivity contribution in [2.24, 2.45) is 0 Å². The molecule has 0 fully saturated rings. The summed E-state index contributed by atoms with van der Waals surface area (Å²) in [5.74, 6) is -1.09. The van der Waals surface area contributed by atoms with E-state index in [-0.39, 0.29) is 11.9 Å². The average Bonchev–Trinajstić information content (AvgIpc) is 2.82. The highest BCUT2D eigenvalue weighted by Gasteiger charge is 2.32. The Balaban J connectivity index is 0.00000169. The van der Waals surface area contributed by atoms with Crippen LogP contribution in [0.15, 0.2) is 54.6 Å². The number of hydrogen-bond acceptors (Lipinski definition) is 4. The molecule has 3 N–H and O–H groups in total. The molecule has 3 aromatic rings. The Bertz CT molecular complexity index is 1010. The molecule has 4 nitrogen and oxygen atoms in total. The minimum absolute atomic E-state index is 0. The second-order valence-corrected chi connectivity index (χ2v) is 5.69. The van der Waals surface area contributed by atoms with Crippen molar-refractivity contribution in [1.82, 2.24) is 6.15 Å². The van der Waals surface area contributed by atoms with Crippen molar-refractivity contribution >= 4 is 28.1 Å². The van der Waals surface area contributed by atoms with Crippen molar-refractivity contribution < 1.29 is 14.4 Å². The normalized spacial score (nSPS) is 12.4. The van der Waals surface area contributed by atoms with Crippen molar-refractivity contribution in [3.63, 3.8) is 0 Å². The molecule has 1 aliphatic rings. The van der Waals surface area contributed by atoms with E-state index in [0.717, 1.165) is 5.56 Å². The minimum atomic E-state index is -0.494. The Morgan fingerprint density at radius 1 is 0.750 bits per heavy atom. The molecule has 0 amide bonds. The molecular weight excluding hydrogens is 302 g/mol. The van der Waals surface area contributed by atoms with E-state index in [1.165, 1.54) is 0 Å². The van der Waals surface area contributed by atoms with Crippen LogP contribution in [-0.4, -0.2) is 17.3 Å². The maximum absolute atomic E-state index is 12.9. The van der Waals surface area contributed by atoms with Crippen LogP contribution in [0.2, 0.25) is 0 Å². The molecule has 4 heteroatoms. The van der Waals surface area contributed by atoms with Crippen LogP contribution in [0.25, 0.3) is 10.8 Å². The smallest absolute Gasteiger partial charge is 0.234 e. The van der Waals surface area contributed by atoms with Crippen molar-refractivity contribution in [3.05, 3.63) is 82.4 Å². The predicted octanol–water partition coefficient (Wildman–Crippen LogP) is 3.92. The van der Waals surface area contributed by atoms with Gasteiger partial charge in [-0.1, -0.05) is 42.5 Å². The quantitative estimate of drug-likeness (QED) is 0.573. The van der Waals surface area contributed by atoms with Gasteiger partial charge in [0.2, 0.25) is 11.6 Å². The number of ketones is 3. The van der Waals surface area contributed by atoms with Gasteiger partial charge in [0.15, 0.2) is 5.78 Å². The number of carbonyl (C=O) groups excluding carboxylic acids is 3. The summed E-state index contributed by atoms with van der Waals surface area (Å²) in [4.78, 5) is 37.0. The fourth-order valence-corrected chi connectivity index (χ4v) is 3.20. The third-order valence-electron chi connectivity index (χ3n) is 4.37. The van der Waals surface area contributed by atoms with Crippen molar-refractivity contribution in [2.45, 2.75) is 6.92 Å². The lowest BCUT2D eigenvalue weighted by Crippen LogP contribution is -2.06. The monoisotopic (exact) mass is 317 g/mol. The Kier molecular flexibility index (Phi) is 3.62. The number of Topliss-reactive ketones (excluding diaryl/α,β-unsaturated/α-hetero) is 2. The maximum atomic E-state index is 12.9. The first-order valence-electron chi connectivity index (χ1n) is 7.34. The fourth-order valence-electron chi connectivity index (χ4n) is 3.20. The van der Waals surface area contributed by atoms with Gasteiger partial charge in [0.25, 0.3) is 0 Å². The van der Waals surface area contributed by atoms with Gasteiger partial charge < -0.3 is 6.15 Å². The lowest BCUT2D eigenvalue weighted by atomic mass is 9.93. The highest BCUT2D eigenvalue weighted by atomic mass is 16.2. The van der Waals surface area contributed by atoms with Crippen LogP contribution in [0.3, 0.4) is 0 Å². The largest absolute Gasteiger partial charge is 0.344 e. The topological polar surface area (TPSA) is 86.2 Å². The Hall–Kier alpha value is -3.11. The highest BCUT2D eigenvalue weighted by molar-refractivity contribution is 6.57. The molecule has 1 aliphatic carbocycles. The van der Waals surface area contributed by atoms with Gasteiger partial charge in [0.05, 0.1) is 0 Å². The maximum Gasteiger partial charge on any atom is 0.234 e. The van der Waals surface area contributed by atoms with Gasteiger partial charge in [-0.2, -0.15) is 0 Å². The van der Waals surface area contributed by atoms with Crippen LogP contribution in [0.5, 0.6) is 0 Å².